The minimum atomic E-state index is -0.148. The zero-order valence-electron chi connectivity index (χ0n) is 13.1. The van der Waals surface area contributed by atoms with Gasteiger partial charge < -0.3 is 5.32 Å². The Morgan fingerprint density at radius 1 is 1.24 bits per heavy atom. The van der Waals surface area contributed by atoms with Gasteiger partial charge in [-0.15, -0.1) is 0 Å². The third-order valence-electron chi connectivity index (χ3n) is 3.29. The Labute approximate surface area is 131 Å². The molecule has 2 rings (SSSR count). The van der Waals surface area contributed by atoms with Crippen LogP contribution in [0.2, 0.25) is 5.15 Å². The van der Waals surface area contributed by atoms with Crippen molar-refractivity contribution in [2.75, 3.05) is 5.32 Å². The molecule has 0 aliphatic rings. The zero-order chi connectivity index (χ0) is 15.6. The van der Waals surface area contributed by atoms with Gasteiger partial charge in [0.05, 0.1) is 6.04 Å². The molecule has 0 fully saturated rings. The maximum atomic E-state index is 6.25. The average Bonchev–Trinajstić information content (AvgIpc) is 2.43. The zero-order valence-corrected chi connectivity index (χ0v) is 13.9. The smallest absolute Gasteiger partial charge is 0.137 e. The van der Waals surface area contributed by atoms with E-state index in [2.05, 4.69) is 48.0 Å². The molecule has 0 aliphatic carbocycles. The van der Waals surface area contributed by atoms with Gasteiger partial charge in [0.1, 0.15) is 16.8 Å². The SMILES string of the molecule is Cc1c(Cl)nc(C(C)(C)C)nc1NC(C)c1cccnc1. The van der Waals surface area contributed by atoms with Gasteiger partial charge in [0.2, 0.25) is 0 Å². The molecular weight excluding hydrogens is 284 g/mol. The third kappa shape index (κ3) is 3.70. The highest BCUT2D eigenvalue weighted by Crippen LogP contribution is 2.28. The highest BCUT2D eigenvalue weighted by Gasteiger charge is 2.21. The Kier molecular flexibility index (Phi) is 4.47. The molecule has 0 spiro atoms. The van der Waals surface area contributed by atoms with Crippen molar-refractivity contribution in [3.05, 3.63) is 46.6 Å². The van der Waals surface area contributed by atoms with Gasteiger partial charge >= 0.3 is 0 Å². The van der Waals surface area contributed by atoms with E-state index in [0.717, 1.165) is 22.8 Å². The summed E-state index contributed by atoms with van der Waals surface area (Å²) in [4.78, 5) is 13.2. The Hall–Kier alpha value is -1.68. The van der Waals surface area contributed by atoms with Crippen LogP contribution in [-0.4, -0.2) is 15.0 Å². The van der Waals surface area contributed by atoms with E-state index in [1.165, 1.54) is 0 Å². The summed E-state index contributed by atoms with van der Waals surface area (Å²) in [6, 6.07) is 4.05. The van der Waals surface area contributed by atoms with Crippen molar-refractivity contribution < 1.29 is 0 Å². The summed E-state index contributed by atoms with van der Waals surface area (Å²) in [5.41, 5.74) is 1.81. The Morgan fingerprint density at radius 2 is 1.95 bits per heavy atom. The molecule has 0 saturated heterocycles. The van der Waals surface area contributed by atoms with Crippen molar-refractivity contribution in [3.8, 4) is 0 Å². The van der Waals surface area contributed by atoms with Crippen LogP contribution in [0.5, 0.6) is 0 Å². The van der Waals surface area contributed by atoms with E-state index in [1.807, 2.05) is 25.3 Å². The van der Waals surface area contributed by atoms with Gasteiger partial charge in [0.25, 0.3) is 0 Å². The lowest BCUT2D eigenvalue weighted by atomic mass is 9.95. The fraction of sp³-hybridized carbons (Fsp3) is 0.438. The lowest BCUT2D eigenvalue weighted by Crippen LogP contribution is -2.19. The quantitative estimate of drug-likeness (QED) is 0.859. The van der Waals surface area contributed by atoms with Gasteiger partial charge in [0, 0.05) is 23.4 Å². The largest absolute Gasteiger partial charge is 0.363 e. The topological polar surface area (TPSA) is 50.7 Å². The van der Waals surface area contributed by atoms with Crippen LogP contribution in [0.3, 0.4) is 0 Å². The molecule has 0 aromatic carbocycles. The summed E-state index contributed by atoms with van der Waals surface area (Å²) < 4.78 is 0. The first-order valence-corrected chi connectivity index (χ1v) is 7.38. The summed E-state index contributed by atoms with van der Waals surface area (Å²) in [5.74, 6) is 1.51. The molecule has 2 aromatic heterocycles. The van der Waals surface area contributed by atoms with Crippen LogP contribution in [-0.2, 0) is 5.41 Å². The van der Waals surface area contributed by atoms with E-state index in [-0.39, 0.29) is 11.5 Å². The second kappa shape index (κ2) is 5.98. The number of halogens is 1. The fourth-order valence-corrected chi connectivity index (χ4v) is 2.06. The number of nitrogens with one attached hydrogen (secondary N) is 1. The van der Waals surface area contributed by atoms with E-state index in [9.17, 15) is 0 Å². The molecule has 21 heavy (non-hydrogen) atoms. The molecule has 1 atom stereocenters. The lowest BCUT2D eigenvalue weighted by Gasteiger charge is -2.21. The number of nitrogens with zero attached hydrogens (tertiary/aromatic N) is 3. The highest BCUT2D eigenvalue weighted by atomic mass is 35.5. The van der Waals surface area contributed by atoms with Crippen LogP contribution in [0.15, 0.2) is 24.5 Å². The first-order valence-electron chi connectivity index (χ1n) is 7.00. The van der Waals surface area contributed by atoms with E-state index >= 15 is 0 Å². The molecule has 5 heteroatoms. The minimum Gasteiger partial charge on any atom is -0.363 e. The van der Waals surface area contributed by atoms with Crippen molar-refractivity contribution in [2.24, 2.45) is 0 Å². The molecule has 0 amide bonds. The number of hydrogen-bond donors (Lipinski definition) is 1. The molecular formula is C16H21ClN4. The van der Waals surface area contributed by atoms with Crippen molar-refractivity contribution in [1.29, 1.82) is 0 Å². The predicted molar refractivity (Wildman–Crippen MR) is 86.8 cm³/mol. The summed E-state index contributed by atoms with van der Waals surface area (Å²) in [6.07, 6.45) is 3.61. The van der Waals surface area contributed by atoms with E-state index < -0.39 is 0 Å². The van der Waals surface area contributed by atoms with Crippen LogP contribution < -0.4 is 5.32 Å². The summed E-state index contributed by atoms with van der Waals surface area (Å²) in [5, 5.41) is 3.90. The van der Waals surface area contributed by atoms with Crippen LogP contribution in [0, 0.1) is 6.92 Å². The molecule has 0 bridgehead atoms. The maximum absolute atomic E-state index is 6.25. The fourth-order valence-electron chi connectivity index (χ4n) is 1.89. The lowest BCUT2D eigenvalue weighted by molar-refractivity contribution is 0.545. The van der Waals surface area contributed by atoms with E-state index in [4.69, 9.17) is 11.6 Å². The van der Waals surface area contributed by atoms with Crippen LogP contribution in [0.1, 0.15) is 50.7 Å². The second-order valence-corrected chi connectivity index (χ2v) is 6.57. The minimum absolute atomic E-state index is 0.0937. The summed E-state index contributed by atoms with van der Waals surface area (Å²) in [6.45, 7) is 10.2. The average molecular weight is 305 g/mol. The van der Waals surface area contributed by atoms with Gasteiger partial charge in [-0.1, -0.05) is 38.4 Å². The Bertz CT molecular complexity index is 620. The first kappa shape index (κ1) is 15.7. The Balaban J connectivity index is 2.33. The summed E-state index contributed by atoms with van der Waals surface area (Å²) >= 11 is 6.25. The number of hydrogen-bond acceptors (Lipinski definition) is 4. The van der Waals surface area contributed by atoms with Gasteiger partial charge in [-0.2, -0.15) is 0 Å². The van der Waals surface area contributed by atoms with Crippen molar-refractivity contribution in [2.45, 2.75) is 46.1 Å². The van der Waals surface area contributed by atoms with Crippen LogP contribution in [0.25, 0.3) is 0 Å². The normalized spacial score (nSPS) is 13.0. The molecule has 2 heterocycles. The Morgan fingerprint density at radius 3 is 2.52 bits per heavy atom. The monoisotopic (exact) mass is 304 g/mol. The van der Waals surface area contributed by atoms with Gasteiger partial charge in [-0.05, 0) is 25.5 Å². The van der Waals surface area contributed by atoms with E-state index in [1.54, 1.807) is 6.20 Å². The molecule has 0 radical (unpaired) electrons. The molecule has 4 nitrogen and oxygen atoms in total. The molecule has 0 aliphatic heterocycles. The van der Waals surface area contributed by atoms with Crippen LogP contribution >= 0.6 is 11.6 Å². The molecule has 2 aromatic rings. The predicted octanol–water partition coefficient (Wildman–Crippen LogP) is 4.30. The van der Waals surface area contributed by atoms with Crippen molar-refractivity contribution in [3.63, 3.8) is 0 Å². The number of anilines is 1. The maximum Gasteiger partial charge on any atom is 0.137 e. The second-order valence-electron chi connectivity index (χ2n) is 6.21. The summed E-state index contributed by atoms with van der Waals surface area (Å²) in [7, 11) is 0. The van der Waals surface area contributed by atoms with E-state index in [0.29, 0.717) is 5.15 Å². The molecule has 0 saturated carbocycles. The number of aromatic nitrogens is 3. The van der Waals surface area contributed by atoms with Crippen molar-refractivity contribution >= 4 is 17.4 Å². The van der Waals surface area contributed by atoms with Crippen molar-refractivity contribution in [1.82, 2.24) is 15.0 Å². The standard InChI is InChI=1S/C16H21ClN4/c1-10-13(17)20-15(16(3,4)5)21-14(10)19-11(2)12-7-6-8-18-9-12/h6-9,11H,1-5H3,(H,19,20,21). The molecule has 1 unspecified atom stereocenters. The van der Waals surface area contributed by atoms with Gasteiger partial charge in [-0.25, -0.2) is 9.97 Å². The first-order chi connectivity index (χ1) is 9.79. The van der Waals surface area contributed by atoms with Gasteiger partial charge in [0.15, 0.2) is 0 Å². The molecule has 112 valence electrons. The van der Waals surface area contributed by atoms with Gasteiger partial charge in [-0.3, -0.25) is 4.98 Å². The molecule has 1 N–H and O–H groups in total. The van der Waals surface area contributed by atoms with Crippen LogP contribution in [0.4, 0.5) is 5.82 Å². The number of pyridine rings is 1. The number of rotatable bonds is 3. The third-order valence-corrected chi connectivity index (χ3v) is 3.66. The highest BCUT2D eigenvalue weighted by molar-refractivity contribution is 6.30.